The summed E-state index contributed by atoms with van der Waals surface area (Å²) in [5.74, 6) is -1.13. The van der Waals surface area contributed by atoms with E-state index in [-0.39, 0.29) is 24.1 Å². The Morgan fingerprint density at radius 2 is 2.16 bits per heavy atom. The molecule has 1 atom stereocenters. The first-order valence-corrected chi connectivity index (χ1v) is 8.24. The maximum absolute atomic E-state index is 14.0. The summed E-state index contributed by atoms with van der Waals surface area (Å²) in [6, 6.07) is 4.98. The third kappa shape index (κ3) is 4.85. The minimum absolute atomic E-state index is 0.0124. The zero-order valence-corrected chi connectivity index (χ0v) is 15.0. The number of nitrogens with one attached hydrogen (secondary N) is 1. The van der Waals surface area contributed by atoms with Crippen molar-refractivity contribution >= 4 is 23.4 Å². The molecule has 2 rings (SSSR count). The van der Waals surface area contributed by atoms with Crippen LogP contribution in [-0.4, -0.2) is 33.6 Å². The predicted octanol–water partition coefficient (Wildman–Crippen LogP) is 3.38. The van der Waals surface area contributed by atoms with Gasteiger partial charge in [0.15, 0.2) is 11.6 Å². The molecule has 25 heavy (non-hydrogen) atoms. The van der Waals surface area contributed by atoms with Crippen LogP contribution < -0.4 is 5.32 Å². The van der Waals surface area contributed by atoms with E-state index in [2.05, 4.69) is 20.3 Å². The van der Waals surface area contributed by atoms with Crippen LogP contribution in [0.25, 0.3) is 0 Å². The third-order valence-electron chi connectivity index (χ3n) is 3.90. The second kappa shape index (κ2) is 8.20. The van der Waals surface area contributed by atoms with E-state index in [0.717, 1.165) is 11.9 Å². The zero-order valence-electron chi connectivity index (χ0n) is 14.3. The molecule has 0 aliphatic carbocycles. The van der Waals surface area contributed by atoms with Crippen molar-refractivity contribution in [2.24, 2.45) is 0 Å². The highest BCUT2D eigenvalue weighted by Gasteiger charge is 2.35. The monoisotopic (exact) mass is 366 g/mol. The van der Waals surface area contributed by atoms with E-state index in [4.69, 9.17) is 16.3 Å². The fourth-order valence-electron chi connectivity index (χ4n) is 2.41. The summed E-state index contributed by atoms with van der Waals surface area (Å²) >= 11 is 5.75. The Morgan fingerprint density at radius 1 is 1.40 bits per heavy atom. The molecular formula is C17H20ClFN4O2. The van der Waals surface area contributed by atoms with Crippen LogP contribution in [0.4, 0.5) is 10.2 Å². The van der Waals surface area contributed by atoms with Crippen molar-refractivity contribution in [2.75, 3.05) is 11.9 Å². The summed E-state index contributed by atoms with van der Waals surface area (Å²) in [6.45, 7) is 5.82. The van der Waals surface area contributed by atoms with E-state index in [1.54, 1.807) is 19.2 Å². The lowest BCUT2D eigenvalue weighted by Crippen LogP contribution is -2.42. The van der Waals surface area contributed by atoms with Crippen molar-refractivity contribution < 1.29 is 13.9 Å². The van der Waals surface area contributed by atoms with Crippen LogP contribution in [0, 0.1) is 5.82 Å². The number of anilines is 1. The first-order valence-electron chi connectivity index (χ1n) is 7.86. The maximum Gasteiger partial charge on any atom is 0.307 e. The number of hydrogen-bond acceptors (Lipinski definition) is 6. The van der Waals surface area contributed by atoms with Gasteiger partial charge >= 0.3 is 5.97 Å². The van der Waals surface area contributed by atoms with Gasteiger partial charge in [-0.25, -0.2) is 9.37 Å². The minimum Gasteiger partial charge on any atom is -0.466 e. The molecule has 0 aliphatic heterocycles. The zero-order chi connectivity index (χ0) is 18.4. The van der Waals surface area contributed by atoms with Crippen LogP contribution in [0.3, 0.4) is 0 Å². The molecule has 2 aromatic rings. The first kappa shape index (κ1) is 19.1. The summed E-state index contributed by atoms with van der Waals surface area (Å²) in [5.41, 5.74) is 0.134. The normalized spacial score (nSPS) is 12.5. The molecule has 134 valence electrons. The Balaban J connectivity index is 2.35. The number of carbonyl (C=O) groups excluding carboxylic acids is 1. The lowest BCUT2D eigenvalue weighted by atomic mass is 9.79. The molecule has 2 aromatic heterocycles. The predicted molar refractivity (Wildman–Crippen MR) is 92.9 cm³/mol. The Morgan fingerprint density at radius 3 is 2.80 bits per heavy atom. The summed E-state index contributed by atoms with van der Waals surface area (Å²) < 4.78 is 19.1. The van der Waals surface area contributed by atoms with Crippen LogP contribution in [0.5, 0.6) is 0 Å². The molecule has 0 fully saturated rings. The molecular weight excluding hydrogens is 347 g/mol. The number of aromatic nitrogens is 3. The van der Waals surface area contributed by atoms with Gasteiger partial charge in [-0.1, -0.05) is 19.9 Å². The number of rotatable bonds is 7. The van der Waals surface area contributed by atoms with Crippen LogP contribution in [-0.2, 0) is 14.9 Å². The Labute approximate surface area is 150 Å². The van der Waals surface area contributed by atoms with Crippen LogP contribution in [0.1, 0.15) is 32.9 Å². The molecule has 0 saturated carbocycles. The Hall–Kier alpha value is -2.28. The SMILES string of the molecule is CCOC(=O)CC(Nc1nc(Cl)ncc1F)C(C)(C)c1ccccn1. The van der Waals surface area contributed by atoms with E-state index in [9.17, 15) is 9.18 Å². The largest absolute Gasteiger partial charge is 0.466 e. The summed E-state index contributed by atoms with van der Waals surface area (Å²) in [5, 5.41) is 2.88. The van der Waals surface area contributed by atoms with Crippen molar-refractivity contribution in [2.45, 2.75) is 38.6 Å². The quantitative estimate of drug-likeness (QED) is 0.598. The van der Waals surface area contributed by atoms with Gasteiger partial charge in [-0.05, 0) is 30.7 Å². The van der Waals surface area contributed by atoms with E-state index < -0.39 is 23.2 Å². The molecule has 6 nitrogen and oxygen atoms in total. The highest BCUT2D eigenvalue weighted by molar-refractivity contribution is 6.28. The van der Waals surface area contributed by atoms with Gasteiger partial charge in [0.25, 0.3) is 0 Å². The van der Waals surface area contributed by atoms with Crippen LogP contribution in [0.2, 0.25) is 5.28 Å². The number of esters is 1. The first-order chi connectivity index (χ1) is 11.8. The molecule has 2 heterocycles. The summed E-state index contributed by atoms with van der Waals surface area (Å²) in [7, 11) is 0. The summed E-state index contributed by atoms with van der Waals surface area (Å²) in [4.78, 5) is 23.9. The van der Waals surface area contributed by atoms with Crippen molar-refractivity contribution in [3.05, 3.63) is 47.4 Å². The topological polar surface area (TPSA) is 77.0 Å². The van der Waals surface area contributed by atoms with E-state index >= 15 is 0 Å². The van der Waals surface area contributed by atoms with E-state index in [0.29, 0.717) is 0 Å². The molecule has 1 unspecified atom stereocenters. The van der Waals surface area contributed by atoms with Gasteiger partial charge in [-0.3, -0.25) is 9.78 Å². The number of halogens is 2. The van der Waals surface area contributed by atoms with Gasteiger partial charge in [0, 0.05) is 23.3 Å². The average Bonchev–Trinajstić information content (AvgIpc) is 2.58. The number of carbonyl (C=O) groups is 1. The molecule has 8 heteroatoms. The molecule has 0 spiro atoms. The molecule has 0 aliphatic rings. The van der Waals surface area contributed by atoms with Crippen molar-refractivity contribution in [1.29, 1.82) is 0 Å². The average molecular weight is 367 g/mol. The molecule has 0 bridgehead atoms. The van der Waals surface area contributed by atoms with Gasteiger partial charge in [0.2, 0.25) is 5.28 Å². The Bertz CT molecular complexity index is 728. The fraction of sp³-hybridized carbons (Fsp3) is 0.412. The molecule has 1 N–H and O–H groups in total. The standard InChI is InChI=1S/C17H20ClFN4O2/c1-4-25-14(24)9-13(17(2,3)12-7-5-6-8-20-12)22-15-11(19)10-21-16(18)23-15/h5-8,10,13H,4,9H2,1-3H3,(H,21,22,23). The minimum atomic E-state index is -0.657. The van der Waals surface area contributed by atoms with Crippen molar-refractivity contribution in [3.8, 4) is 0 Å². The third-order valence-corrected chi connectivity index (χ3v) is 4.08. The molecule has 0 aromatic carbocycles. The number of hydrogen-bond donors (Lipinski definition) is 1. The van der Waals surface area contributed by atoms with Crippen LogP contribution in [0.15, 0.2) is 30.6 Å². The van der Waals surface area contributed by atoms with E-state index in [1.165, 1.54) is 0 Å². The second-order valence-electron chi connectivity index (χ2n) is 5.98. The molecule has 0 radical (unpaired) electrons. The van der Waals surface area contributed by atoms with Crippen molar-refractivity contribution in [3.63, 3.8) is 0 Å². The lowest BCUT2D eigenvalue weighted by molar-refractivity contribution is -0.143. The number of ether oxygens (including phenoxy) is 1. The van der Waals surface area contributed by atoms with Gasteiger partial charge in [-0.15, -0.1) is 0 Å². The molecule has 0 amide bonds. The highest BCUT2D eigenvalue weighted by Crippen LogP contribution is 2.30. The molecule has 0 saturated heterocycles. The van der Waals surface area contributed by atoms with Gasteiger partial charge in [0.05, 0.1) is 19.2 Å². The van der Waals surface area contributed by atoms with Gasteiger partial charge in [0.1, 0.15) is 0 Å². The Kier molecular flexibility index (Phi) is 6.25. The van der Waals surface area contributed by atoms with Crippen molar-refractivity contribution in [1.82, 2.24) is 15.0 Å². The van der Waals surface area contributed by atoms with Gasteiger partial charge in [-0.2, -0.15) is 4.98 Å². The van der Waals surface area contributed by atoms with E-state index in [1.807, 2.05) is 26.0 Å². The number of nitrogens with zero attached hydrogens (tertiary/aromatic N) is 3. The maximum atomic E-state index is 14.0. The summed E-state index contributed by atoms with van der Waals surface area (Å²) in [6.07, 6.45) is 2.66. The smallest absolute Gasteiger partial charge is 0.307 e. The highest BCUT2D eigenvalue weighted by atomic mass is 35.5. The lowest BCUT2D eigenvalue weighted by Gasteiger charge is -2.34. The fourth-order valence-corrected chi connectivity index (χ4v) is 2.54. The second-order valence-corrected chi connectivity index (χ2v) is 6.32. The van der Waals surface area contributed by atoms with Gasteiger partial charge < -0.3 is 10.1 Å². The number of pyridine rings is 1. The van der Waals surface area contributed by atoms with Crippen LogP contribution >= 0.6 is 11.6 Å².